The molecular formula is C8H5F4O. The monoisotopic (exact) mass is 193 g/mol. The highest BCUT2D eigenvalue weighted by molar-refractivity contribution is 5.36. The first-order chi connectivity index (χ1) is 5.90. The van der Waals surface area contributed by atoms with Crippen LogP contribution in [0.3, 0.4) is 0 Å². The molecule has 0 saturated carbocycles. The van der Waals surface area contributed by atoms with Crippen molar-refractivity contribution in [3.8, 4) is 5.75 Å². The highest BCUT2D eigenvalue weighted by Crippen LogP contribution is 2.28. The summed E-state index contributed by atoms with van der Waals surface area (Å²) >= 11 is 0. The molecule has 1 aromatic carbocycles. The third-order valence-corrected chi connectivity index (χ3v) is 1.27. The molecule has 0 heterocycles. The predicted octanol–water partition coefficient (Wildman–Crippen LogP) is 2.91. The number of rotatable bonds is 1. The summed E-state index contributed by atoms with van der Waals surface area (Å²) in [5, 5.41) is 0. The zero-order valence-corrected chi connectivity index (χ0v) is 6.36. The summed E-state index contributed by atoms with van der Waals surface area (Å²) in [4.78, 5) is 0. The van der Waals surface area contributed by atoms with Gasteiger partial charge in [0.1, 0.15) is 0 Å². The van der Waals surface area contributed by atoms with Crippen LogP contribution in [0, 0.1) is 12.7 Å². The molecule has 0 fully saturated rings. The Morgan fingerprint density at radius 3 is 2.31 bits per heavy atom. The van der Waals surface area contributed by atoms with Crippen LogP contribution in [0.15, 0.2) is 18.2 Å². The lowest BCUT2D eigenvalue weighted by atomic mass is 10.2. The molecule has 0 saturated heterocycles. The number of benzene rings is 1. The zero-order chi connectivity index (χ0) is 10.1. The maximum Gasteiger partial charge on any atom is 0.573 e. The molecule has 0 spiro atoms. The lowest BCUT2D eigenvalue weighted by Gasteiger charge is -2.11. The molecule has 71 valence electrons. The third kappa shape index (κ3) is 2.61. The van der Waals surface area contributed by atoms with E-state index in [2.05, 4.69) is 11.7 Å². The van der Waals surface area contributed by atoms with Crippen molar-refractivity contribution in [2.45, 2.75) is 6.36 Å². The molecule has 0 aliphatic carbocycles. The fourth-order valence-electron chi connectivity index (χ4n) is 0.784. The van der Waals surface area contributed by atoms with E-state index in [9.17, 15) is 17.6 Å². The number of ether oxygens (including phenoxy) is 1. The molecule has 0 aliphatic rings. The minimum atomic E-state index is -4.89. The van der Waals surface area contributed by atoms with Gasteiger partial charge in [0.25, 0.3) is 0 Å². The van der Waals surface area contributed by atoms with Crippen LogP contribution in [0.4, 0.5) is 17.6 Å². The maximum absolute atomic E-state index is 12.7. The Morgan fingerprint density at radius 2 is 1.85 bits per heavy atom. The van der Waals surface area contributed by atoms with E-state index in [0.717, 1.165) is 6.07 Å². The van der Waals surface area contributed by atoms with E-state index in [4.69, 9.17) is 0 Å². The Morgan fingerprint density at radius 1 is 1.23 bits per heavy atom. The molecule has 1 radical (unpaired) electrons. The molecule has 0 atom stereocenters. The van der Waals surface area contributed by atoms with Gasteiger partial charge in [-0.05, 0) is 18.6 Å². The smallest absolute Gasteiger partial charge is 0.402 e. The number of hydrogen-bond acceptors (Lipinski definition) is 1. The van der Waals surface area contributed by atoms with Crippen LogP contribution >= 0.6 is 0 Å². The molecule has 1 aromatic rings. The van der Waals surface area contributed by atoms with E-state index in [1.807, 2.05) is 0 Å². The van der Waals surface area contributed by atoms with E-state index >= 15 is 0 Å². The quantitative estimate of drug-likeness (QED) is 0.623. The molecule has 1 nitrogen and oxygen atoms in total. The fraction of sp³-hybridized carbons (Fsp3) is 0.125. The van der Waals surface area contributed by atoms with Crippen molar-refractivity contribution >= 4 is 0 Å². The van der Waals surface area contributed by atoms with Crippen LogP contribution < -0.4 is 4.74 Å². The van der Waals surface area contributed by atoms with E-state index in [-0.39, 0.29) is 5.56 Å². The van der Waals surface area contributed by atoms with Crippen LogP contribution in [0.25, 0.3) is 0 Å². The average Bonchev–Trinajstić information content (AvgIpc) is 1.95. The first-order valence-corrected chi connectivity index (χ1v) is 3.26. The summed E-state index contributed by atoms with van der Waals surface area (Å²) in [6.07, 6.45) is -4.89. The van der Waals surface area contributed by atoms with Gasteiger partial charge in [0.2, 0.25) is 0 Å². The van der Waals surface area contributed by atoms with Gasteiger partial charge in [0.15, 0.2) is 11.6 Å². The van der Waals surface area contributed by atoms with Crippen molar-refractivity contribution in [1.82, 2.24) is 0 Å². The Kier molecular flexibility index (Phi) is 2.45. The first kappa shape index (κ1) is 9.83. The van der Waals surface area contributed by atoms with Gasteiger partial charge in [0, 0.05) is 0 Å². The Bertz CT molecular complexity index is 285. The Hall–Kier alpha value is -1.26. The zero-order valence-electron chi connectivity index (χ0n) is 6.36. The second kappa shape index (κ2) is 3.24. The van der Waals surface area contributed by atoms with E-state index < -0.39 is 17.9 Å². The van der Waals surface area contributed by atoms with Gasteiger partial charge in [-0.3, -0.25) is 0 Å². The summed E-state index contributed by atoms with van der Waals surface area (Å²) in [7, 11) is 0. The van der Waals surface area contributed by atoms with Crippen LogP contribution in [-0.4, -0.2) is 6.36 Å². The van der Waals surface area contributed by atoms with Crippen molar-refractivity contribution < 1.29 is 22.3 Å². The molecule has 0 unspecified atom stereocenters. The van der Waals surface area contributed by atoms with Gasteiger partial charge in [-0.2, -0.15) is 0 Å². The first-order valence-electron chi connectivity index (χ1n) is 3.26. The molecule has 5 heteroatoms. The molecule has 0 amide bonds. The van der Waals surface area contributed by atoms with Gasteiger partial charge < -0.3 is 4.74 Å². The van der Waals surface area contributed by atoms with E-state index in [0.29, 0.717) is 0 Å². The Balaban J connectivity index is 3.00. The summed E-state index contributed by atoms with van der Waals surface area (Å²) in [5.74, 6) is -1.96. The lowest BCUT2D eigenvalue weighted by molar-refractivity contribution is -0.275. The molecule has 0 aliphatic heterocycles. The van der Waals surface area contributed by atoms with Gasteiger partial charge in [-0.1, -0.05) is 12.1 Å². The minimum absolute atomic E-state index is 0.141. The fourth-order valence-corrected chi connectivity index (χ4v) is 0.784. The van der Waals surface area contributed by atoms with E-state index in [1.165, 1.54) is 12.1 Å². The largest absolute Gasteiger partial charge is 0.573 e. The number of hydrogen-bond donors (Lipinski definition) is 0. The van der Waals surface area contributed by atoms with E-state index in [1.54, 1.807) is 0 Å². The molecule has 0 bridgehead atoms. The van der Waals surface area contributed by atoms with Gasteiger partial charge in [0.05, 0.1) is 0 Å². The van der Waals surface area contributed by atoms with Crippen LogP contribution in [-0.2, 0) is 0 Å². The molecule has 1 rings (SSSR count). The summed E-state index contributed by atoms with van der Waals surface area (Å²) in [5.41, 5.74) is -0.141. The van der Waals surface area contributed by atoms with Gasteiger partial charge in [-0.25, -0.2) is 4.39 Å². The highest BCUT2D eigenvalue weighted by Gasteiger charge is 2.32. The van der Waals surface area contributed by atoms with Crippen molar-refractivity contribution in [3.63, 3.8) is 0 Å². The van der Waals surface area contributed by atoms with Crippen LogP contribution in [0.2, 0.25) is 0 Å². The highest BCUT2D eigenvalue weighted by atomic mass is 19.4. The third-order valence-electron chi connectivity index (χ3n) is 1.27. The molecule has 0 aromatic heterocycles. The Labute approximate surface area is 71.9 Å². The minimum Gasteiger partial charge on any atom is -0.402 e. The second-order valence-electron chi connectivity index (χ2n) is 2.28. The topological polar surface area (TPSA) is 9.23 Å². The van der Waals surface area contributed by atoms with Gasteiger partial charge in [-0.15, -0.1) is 13.2 Å². The summed E-state index contributed by atoms with van der Waals surface area (Å²) in [6.45, 7) is 3.20. The number of alkyl halides is 3. The average molecular weight is 193 g/mol. The normalized spacial score (nSPS) is 11.5. The lowest BCUT2D eigenvalue weighted by Crippen LogP contribution is -2.18. The van der Waals surface area contributed by atoms with Crippen LogP contribution in [0.5, 0.6) is 5.75 Å². The summed E-state index contributed by atoms with van der Waals surface area (Å²) < 4.78 is 51.2. The van der Waals surface area contributed by atoms with Crippen LogP contribution in [0.1, 0.15) is 5.56 Å². The molecule has 13 heavy (non-hydrogen) atoms. The van der Waals surface area contributed by atoms with Crippen molar-refractivity contribution in [2.24, 2.45) is 0 Å². The molecule has 0 N–H and O–H groups in total. The number of para-hydroxylation sites is 1. The maximum atomic E-state index is 12.7. The predicted molar refractivity (Wildman–Crippen MR) is 37.5 cm³/mol. The second-order valence-corrected chi connectivity index (χ2v) is 2.28. The van der Waals surface area contributed by atoms with Crippen molar-refractivity contribution in [2.75, 3.05) is 0 Å². The molecular weight excluding hydrogens is 188 g/mol. The standard InChI is InChI=1S/C8H5F4O/c1-5-3-2-4-6(9)7(5)13-8(10,11)12/h2-4H,1H2. The van der Waals surface area contributed by atoms with Gasteiger partial charge >= 0.3 is 6.36 Å². The van der Waals surface area contributed by atoms with Crippen molar-refractivity contribution in [1.29, 1.82) is 0 Å². The summed E-state index contributed by atoms with van der Waals surface area (Å²) in [6, 6.07) is 3.35. The SMILES string of the molecule is [CH2]c1cccc(F)c1OC(F)(F)F. The number of halogens is 4. The van der Waals surface area contributed by atoms with Crippen molar-refractivity contribution in [3.05, 3.63) is 36.5 Å².